The summed E-state index contributed by atoms with van der Waals surface area (Å²) in [5.74, 6) is 4.88. The standard InChI is InChI=1S/C21H15F2NOS/c22-19-12-18(25-13-16-3-1-2-4-16)9-8-17(19)7-5-15-6-10-21(24-14-26)20(23)11-15/h3,6,8-12H,1-2,4,13H2. The van der Waals surface area contributed by atoms with E-state index in [1.54, 1.807) is 18.2 Å². The fourth-order valence-electron chi connectivity index (χ4n) is 2.60. The third kappa shape index (κ3) is 4.64. The molecule has 0 aromatic heterocycles. The molecule has 2 aromatic carbocycles. The van der Waals surface area contributed by atoms with Gasteiger partial charge in [0.1, 0.15) is 23.9 Å². The number of ether oxygens (including phenoxy) is 1. The van der Waals surface area contributed by atoms with Crippen LogP contribution in [-0.2, 0) is 0 Å². The number of isothiocyanates is 1. The number of rotatable bonds is 4. The van der Waals surface area contributed by atoms with Gasteiger partial charge in [-0.1, -0.05) is 17.9 Å². The lowest BCUT2D eigenvalue weighted by Gasteiger charge is -2.07. The minimum absolute atomic E-state index is 0.0932. The Bertz CT molecular complexity index is 966. The van der Waals surface area contributed by atoms with Crippen LogP contribution in [0.1, 0.15) is 30.4 Å². The molecule has 1 aliphatic carbocycles. The van der Waals surface area contributed by atoms with Crippen molar-refractivity contribution in [2.75, 3.05) is 6.61 Å². The number of benzene rings is 2. The largest absolute Gasteiger partial charge is 0.489 e. The van der Waals surface area contributed by atoms with Crippen LogP contribution in [0.4, 0.5) is 14.5 Å². The normalized spacial score (nSPS) is 12.6. The lowest BCUT2D eigenvalue weighted by Crippen LogP contribution is -2.00. The molecule has 0 bridgehead atoms. The van der Waals surface area contributed by atoms with Crippen LogP contribution in [-0.4, -0.2) is 11.8 Å². The summed E-state index contributed by atoms with van der Waals surface area (Å²) < 4.78 is 33.6. The Morgan fingerprint density at radius 1 is 1.08 bits per heavy atom. The molecule has 0 fully saturated rings. The topological polar surface area (TPSA) is 21.6 Å². The smallest absolute Gasteiger partial charge is 0.150 e. The van der Waals surface area contributed by atoms with Gasteiger partial charge in [0.15, 0.2) is 5.82 Å². The van der Waals surface area contributed by atoms with E-state index in [-0.39, 0.29) is 11.3 Å². The van der Waals surface area contributed by atoms with Gasteiger partial charge in [0.25, 0.3) is 0 Å². The molecule has 0 saturated carbocycles. The molecule has 0 heterocycles. The lowest BCUT2D eigenvalue weighted by atomic mass is 10.1. The Morgan fingerprint density at radius 2 is 1.96 bits per heavy atom. The van der Waals surface area contributed by atoms with Crippen molar-refractivity contribution in [3.63, 3.8) is 0 Å². The first-order valence-corrected chi connectivity index (χ1v) is 8.56. The molecule has 0 aliphatic heterocycles. The fourth-order valence-corrected chi connectivity index (χ4v) is 2.69. The Kier molecular flexibility index (Phi) is 5.91. The maximum Gasteiger partial charge on any atom is 0.150 e. The Hall–Kier alpha value is -2.80. The van der Waals surface area contributed by atoms with Crippen molar-refractivity contribution in [2.45, 2.75) is 19.3 Å². The zero-order chi connectivity index (χ0) is 18.4. The number of nitrogens with zero attached hydrogens (tertiary/aromatic N) is 1. The molecule has 3 rings (SSSR count). The van der Waals surface area contributed by atoms with Crippen LogP contribution in [0, 0.1) is 23.5 Å². The van der Waals surface area contributed by atoms with Crippen LogP contribution < -0.4 is 4.74 Å². The molecule has 0 radical (unpaired) electrons. The van der Waals surface area contributed by atoms with E-state index in [0.717, 1.165) is 19.3 Å². The third-order valence-electron chi connectivity index (χ3n) is 3.96. The molecule has 26 heavy (non-hydrogen) atoms. The third-order valence-corrected chi connectivity index (χ3v) is 4.05. The minimum Gasteiger partial charge on any atom is -0.489 e. The van der Waals surface area contributed by atoms with Gasteiger partial charge in [-0.15, -0.1) is 0 Å². The van der Waals surface area contributed by atoms with Crippen molar-refractivity contribution in [3.05, 3.63) is 70.8 Å². The van der Waals surface area contributed by atoms with Gasteiger partial charge < -0.3 is 4.74 Å². The van der Waals surface area contributed by atoms with Crippen LogP contribution in [0.2, 0.25) is 0 Å². The van der Waals surface area contributed by atoms with Crippen LogP contribution in [0.5, 0.6) is 5.75 Å². The molecule has 2 aromatic rings. The summed E-state index contributed by atoms with van der Waals surface area (Å²) in [6.07, 6.45) is 5.44. The minimum atomic E-state index is -0.556. The summed E-state index contributed by atoms with van der Waals surface area (Å²) >= 11 is 4.45. The predicted octanol–water partition coefficient (Wildman–Crippen LogP) is 5.59. The van der Waals surface area contributed by atoms with Crippen molar-refractivity contribution in [3.8, 4) is 17.6 Å². The lowest BCUT2D eigenvalue weighted by molar-refractivity contribution is 0.347. The highest BCUT2D eigenvalue weighted by Crippen LogP contribution is 2.21. The molecule has 2 nitrogen and oxygen atoms in total. The second-order valence-corrected chi connectivity index (χ2v) is 5.99. The summed E-state index contributed by atoms with van der Waals surface area (Å²) in [6, 6.07) is 8.82. The van der Waals surface area contributed by atoms with Gasteiger partial charge in [0, 0.05) is 11.6 Å². The van der Waals surface area contributed by atoms with Gasteiger partial charge in [-0.2, -0.15) is 4.99 Å². The van der Waals surface area contributed by atoms with E-state index >= 15 is 0 Å². The van der Waals surface area contributed by atoms with E-state index in [1.165, 1.54) is 23.8 Å². The van der Waals surface area contributed by atoms with E-state index in [0.29, 0.717) is 17.9 Å². The number of hydrogen-bond donors (Lipinski definition) is 0. The SMILES string of the molecule is Fc1cc(OCC2=CCCC2)ccc1C#Cc1ccc(N=C=S)c(F)c1. The van der Waals surface area contributed by atoms with Gasteiger partial charge in [-0.25, -0.2) is 8.78 Å². The van der Waals surface area contributed by atoms with Crippen molar-refractivity contribution in [2.24, 2.45) is 4.99 Å². The summed E-state index contributed by atoms with van der Waals surface area (Å²) in [4.78, 5) is 3.60. The van der Waals surface area contributed by atoms with Gasteiger partial charge >= 0.3 is 0 Å². The molecular formula is C21H15F2NOS. The first-order valence-electron chi connectivity index (χ1n) is 8.15. The highest BCUT2D eigenvalue weighted by atomic mass is 32.1. The highest BCUT2D eigenvalue weighted by Gasteiger charge is 2.07. The monoisotopic (exact) mass is 367 g/mol. The van der Waals surface area contributed by atoms with Crippen LogP contribution in [0.15, 0.2) is 53.0 Å². The molecule has 0 amide bonds. The zero-order valence-electron chi connectivity index (χ0n) is 13.9. The predicted molar refractivity (Wildman–Crippen MR) is 101 cm³/mol. The van der Waals surface area contributed by atoms with Crippen molar-refractivity contribution >= 4 is 23.1 Å². The fraction of sp³-hybridized carbons (Fsp3) is 0.190. The van der Waals surface area contributed by atoms with E-state index in [4.69, 9.17) is 4.74 Å². The van der Waals surface area contributed by atoms with Crippen molar-refractivity contribution in [1.29, 1.82) is 0 Å². The first kappa shape index (κ1) is 18.0. The number of thiocarbonyl (C=S) groups is 1. The molecule has 1 aliphatic rings. The second kappa shape index (κ2) is 8.53. The van der Waals surface area contributed by atoms with Crippen LogP contribution in [0.3, 0.4) is 0 Å². The summed E-state index contributed by atoms with van der Waals surface area (Å²) in [7, 11) is 0. The second-order valence-electron chi connectivity index (χ2n) is 5.80. The molecule has 0 N–H and O–H groups in total. The molecular weight excluding hydrogens is 352 g/mol. The van der Waals surface area contributed by atoms with Gasteiger partial charge in [0.2, 0.25) is 0 Å². The molecule has 0 atom stereocenters. The average molecular weight is 367 g/mol. The molecule has 0 saturated heterocycles. The molecule has 130 valence electrons. The van der Waals surface area contributed by atoms with Crippen LogP contribution in [0.25, 0.3) is 0 Å². The van der Waals surface area contributed by atoms with Crippen molar-refractivity contribution in [1.82, 2.24) is 0 Å². The van der Waals surface area contributed by atoms with Gasteiger partial charge in [0.05, 0.1) is 10.7 Å². The Labute approximate surface area is 156 Å². The van der Waals surface area contributed by atoms with E-state index in [2.05, 4.69) is 40.3 Å². The molecule has 0 unspecified atom stereocenters. The maximum absolute atomic E-state index is 14.2. The summed E-state index contributed by atoms with van der Waals surface area (Å²) in [5, 5.41) is 2.11. The molecule has 5 heteroatoms. The first-order chi connectivity index (χ1) is 12.7. The highest BCUT2D eigenvalue weighted by molar-refractivity contribution is 7.78. The van der Waals surface area contributed by atoms with Gasteiger partial charge in [-0.3, -0.25) is 0 Å². The summed E-state index contributed by atoms with van der Waals surface area (Å²) in [6.45, 7) is 0.486. The van der Waals surface area contributed by atoms with Gasteiger partial charge in [-0.05, 0) is 67.4 Å². The average Bonchev–Trinajstić information content (AvgIpc) is 3.15. The number of aliphatic imine (C=N–C) groups is 1. The number of allylic oxidation sites excluding steroid dienone is 1. The maximum atomic E-state index is 14.2. The summed E-state index contributed by atoms with van der Waals surface area (Å²) in [5.41, 5.74) is 1.98. The number of hydrogen-bond acceptors (Lipinski definition) is 3. The van der Waals surface area contributed by atoms with E-state index < -0.39 is 11.6 Å². The number of halogens is 2. The Morgan fingerprint density at radius 3 is 2.65 bits per heavy atom. The van der Waals surface area contributed by atoms with Crippen LogP contribution >= 0.6 is 12.2 Å². The van der Waals surface area contributed by atoms with Crippen molar-refractivity contribution < 1.29 is 13.5 Å². The zero-order valence-corrected chi connectivity index (χ0v) is 14.7. The Balaban J connectivity index is 1.71. The molecule has 0 spiro atoms. The van der Waals surface area contributed by atoms with E-state index in [1.807, 2.05) is 0 Å². The quantitative estimate of drug-likeness (QED) is 0.304. The van der Waals surface area contributed by atoms with E-state index in [9.17, 15) is 8.78 Å².